The second-order valence-corrected chi connectivity index (χ2v) is 2.72. The molecule has 0 atom stereocenters. The largest absolute Gasteiger partial charge is 0.345 e. The summed E-state index contributed by atoms with van der Waals surface area (Å²) >= 11 is 0. The van der Waals surface area contributed by atoms with Crippen LogP contribution < -0.4 is 11.3 Å². The molecule has 0 aliphatic carbocycles. The number of aliphatic imine (C=N–C) groups is 1. The van der Waals surface area contributed by atoms with Gasteiger partial charge in [0.1, 0.15) is 0 Å². The summed E-state index contributed by atoms with van der Waals surface area (Å²) in [5, 5.41) is 0. The predicted molar refractivity (Wildman–Crippen MR) is 52.8 cm³/mol. The van der Waals surface area contributed by atoms with E-state index in [1.807, 2.05) is 11.9 Å². The average molecular weight is 172 g/mol. The maximum Gasteiger partial charge on any atom is 0.208 e. The molecule has 4 heteroatoms. The number of nitrogens with one attached hydrogen (secondary N) is 1. The van der Waals surface area contributed by atoms with E-state index in [1.54, 1.807) is 0 Å². The first-order chi connectivity index (χ1) is 5.76. The lowest BCUT2D eigenvalue weighted by molar-refractivity contribution is 0.508. The molecule has 12 heavy (non-hydrogen) atoms. The Labute approximate surface area is 74.8 Å². The van der Waals surface area contributed by atoms with Gasteiger partial charge in [-0.3, -0.25) is 10.4 Å². The molecule has 0 aliphatic rings. The quantitative estimate of drug-likeness (QED) is 0.214. The third-order valence-electron chi connectivity index (χ3n) is 1.74. The Kier molecular flexibility index (Phi) is 6.47. The lowest BCUT2D eigenvalue weighted by atomic mass is 10.3. The summed E-state index contributed by atoms with van der Waals surface area (Å²) in [6, 6.07) is 0. The molecule has 0 aliphatic heterocycles. The molecule has 0 amide bonds. The van der Waals surface area contributed by atoms with Crippen LogP contribution in [-0.2, 0) is 0 Å². The van der Waals surface area contributed by atoms with E-state index in [9.17, 15) is 0 Å². The molecule has 0 rings (SSSR count). The van der Waals surface area contributed by atoms with Crippen molar-refractivity contribution in [3.63, 3.8) is 0 Å². The molecule has 0 aromatic rings. The monoisotopic (exact) mass is 172 g/mol. The standard InChI is InChI=1S/C8H20N4/c1-4-6-7-10-8(11-9)12(3)5-2/h4-7,9H2,1-3H3,(H,10,11). The minimum absolute atomic E-state index is 0.769. The zero-order chi connectivity index (χ0) is 9.40. The van der Waals surface area contributed by atoms with Gasteiger partial charge in [0.25, 0.3) is 0 Å². The average Bonchev–Trinajstić information content (AvgIpc) is 2.11. The Morgan fingerprint density at radius 2 is 2.17 bits per heavy atom. The predicted octanol–water partition coefficient (Wildman–Crippen LogP) is 0.558. The first kappa shape index (κ1) is 11.2. The summed E-state index contributed by atoms with van der Waals surface area (Å²) in [5.74, 6) is 6.08. The first-order valence-corrected chi connectivity index (χ1v) is 4.48. The molecule has 0 spiro atoms. The zero-order valence-electron chi connectivity index (χ0n) is 8.30. The molecule has 0 heterocycles. The Balaban J connectivity index is 3.86. The maximum absolute atomic E-state index is 5.31. The summed E-state index contributed by atoms with van der Waals surface area (Å²) in [6.45, 7) is 5.97. The maximum atomic E-state index is 5.31. The van der Waals surface area contributed by atoms with Crippen LogP contribution >= 0.6 is 0 Å². The highest BCUT2D eigenvalue weighted by Crippen LogP contribution is 1.89. The van der Waals surface area contributed by atoms with Crippen LogP contribution in [0.4, 0.5) is 0 Å². The summed E-state index contributed by atoms with van der Waals surface area (Å²) in [5.41, 5.74) is 2.59. The van der Waals surface area contributed by atoms with Crippen LogP contribution in [0.25, 0.3) is 0 Å². The van der Waals surface area contributed by atoms with E-state index >= 15 is 0 Å². The molecular weight excluding hydrogens is 152 g/mol. The van der Waals surface area contributed by atoms with E-state index < -0.39 is 0 Å². The minimum atomic E-state index is 0.769. The second-order valence-electron chi connectivity index (χ2n) is 2.72. The van der Waals surface area contributed by atoms with Crippen molar-refractivity contribution >= 4 is 5.96 Å². The third kappa shape index (κ3) is 4.18. The van der Waals surface area contributed by atoms with Crippen LogP contribution in [0.5, 0.6) is 0 Å². The molecule has 0 aromatic carbocycles. The fourth-order valence-electron chi connectivity index (χ4n) is 0.769. The number of rotatable bonds is 4. The lowest BCUT2D eigenvalue weighted by Gasteiger charge is -2.17. The van der Waals surface area contributed by atoms with Gasteiger partial charge in [-0.1, -0.05) is 13.3 Å². The topological polar surface area (TPSA) is 53.6 Å². The van der Waals surface area contributed by atoms with E-state index in [0.717, 1.165) is 31.9 Å². The van der Waals surface area contributed by atoms with Gasteiger partial charge in [0.05, 0.1) is 0 Å². The van der Waals surface area contributed by atoms with Crippen LogP contribution in [0.3, 0.4) is 0 Å². The molecular formula is C8H20N4. The van der Waals surface area contributed by atoms with E-state index in [-0.39, 0.29) is 0 Å². The smallest absolute Gasteiger partial charge is 0.208 e. The third-order valence-corrected chi connectivity index (χ3v) is 1.74. The molecule has 72 valence electrons. The van der Waals surface area contributed by atoms with E-state index in [1.165, 1.54) is 0 Å². The molecule has 0 bridgehead atoms. The van der Waals surface area contributed by atoms with Gasteiger partial charge in [-0.25, -0.2) is 5.84 Å². The van der Waals surface area contributed by atoms with Gasteiger partial charge in [-0.2, -0.15) is 0 Å². The molecule has 0 unspecified atom stereocenters. The van der Waals surface area contributed by atoms with Crippen LogP contribution in [0.2, 0.25) is 0 Å². The van der Waals surface area contributed by atoms with Crippen LogP contribution in [0.1, 0.15) is 26.7 Å². The van der Waals surface area contributed by atoms with Gasteiger partial charge >= 0.3 is 0 Å². The second kappa shape index (κ2) is 6.91. The van der Waals surface area contributed by atoms with Crippen molar-refractivity contribution in [2.75, 3.05) is 20.1 Å². The summed E-state index contributed by atoms with van der Waals surface area (Å²) < 4.78 is 0. The number of nitrogens with two attached hydrogens (primary N) is 1. The Hall–Kier alpha value is -0.770. The van der Waals surface area contributed by atoms with Gasteiger partial charge in [-0.05, 0) is 13.3 Å². The van der Waals surface area contributed by atoms with Gasteiger partial charge in [0, 0.05) is 20.1 Å². The number of guanidine groups is 1. The molecule has 0 saturated heterocycles. The van der Waals surface area contributed by atoms with Crippen molar-refractivity contribution in [2.45, 2.75) is 26.7 Å². The van der Waals surface area contributed by atoms with Gasteiger partial charge < -0.3 is 4.90 Å². The highest BCUT2D eigenvalue weighted by molar-refractivity contribution is 5.78. The van der Waals surface area contributed by atoms with Crippen molar-refractivity contribution in [1.82, 2.24) is 10.3 Å². The molecule has 0 fully saturated rings. The number of hydrogen-bond acceptors (Lipinski definition) is 2. The highest BCUT2D eigenvalue weighted by atomic mass is 15.4. The SMILES string of the molecule is CCCCN=C(NN)N(C)CC. The number of hydrogen-bond donors (Lipinski definition) is 2. The van der Waals surface area contributed by atoms with Crippen molar-refractivity contribution in [1.29, 1.82) is 0 Å². The van der Waals surface area contributed by atoms with E-state index in [0.29, 0.717) is 0 Å². The molecule has 3 N–H and O–H groups in total. The van der Waals surface area contributed by atoms with Crippen molar-refractivity contribution in [3.8, 4) is 0 Å². The van der Waals surface area contributed by atoms with Gasteiger partial charge in [0.2, 0.25) is 5.96 Å². The highest BCUT2D eigenvalue weighted by Gasteiger charge is 1.99. The van der Waals surface area contributed by atoms with E-state index in [4.69, 9.17) is 5.84 Å². The Morgan fingerprint density at radius 3 is 2.58 bits per heavy atom. The summed E-state index contributed by atoms with van der Waals surface area (Å²) in [4.78, 5) is 6.29. The zero-order valence-corrected chi connectivity index (χ0v) is 8.30. The van der Waals surface area contributed by atoms with Crippen LogP contribution in [0.15, 0.2) is 4.99 Å². The molecule has 4 nitrogen and oxygen atoms in total. The van der Waals surface area contributed by atoms with Gasteiger partial charge in [0.15, 0.2) is 0 Å². The number of hydrazine groups is 1. The molecule has 0 radical (unpaired) electrons. The Bertz CT molecular complexity index is 133. The summed E-state index contributed by atoms with van der Waals surface area (Å²) in [6.07, 6.45) is 2.28. The lowest BCUT2D eigenvalue weighted by Crippen LogP contribution is -2.42. The van der Waals surface area contributed by atoms with Gasteiger partial charge in [-0.15, -0.1) is 0 Å². The van der Waals surface area contributed by atoms with Crippen LogP contribution in [0, 0.1) is 0 Å². The summed E-state index contributed by atoms with van der Waals surface area (Å²) in [7, 11) is 1.96. The number of unbranched alkanes of at least 4 members (excludes halogenated alkanes) is 1. The van der Waals surface area contributed by atoms with Crippen LogP contribution in [-0.4, -0.2) is 31.0 Å². The molecule has 0 aromatic heterocycles. The normalized spacial score (nSPS) is 11.5. The van der Waals surface area contributed by atoms with Crippen molar-refractivity contribution in [2.24, 2.45) is 10.8 Å². The Morgan fingerprint density at radius 1 is 1.50 bits per heavy atom. The molecule has 0 saturated carbocycles. The fraction of sp³-hybridized carbons (Fsp3) is 0.875. The number of nitrogens with zero attached hydrogens (tertiary/aromatic N) is 2. The van der Waals surface area contributed by atoms with Crippen molar-refractivity contribution < 1.29 is 0 Å². The fourth-order valence-corrected chi connectivity index (χ4v) is 0.769. The van der Waals surface area contributed by atoms with Crippen molar-refractivity contribution in [3.05, 3.63) is 0 Å². The minimum Gasteiger partial charge on any atom is -0.345 e. The van der Waals surface area contributed by atoms with E-state index in [2.05, 4.69) is 24.3 Å². The first-order valence-electron chi connectivity index (χ1n) is 4.48.